The van der Waals surface area contributed by atoms with Gasteiger partial charge in [-0.1, -0.05) is 13.8 Å². The van der Waals surface area contributed by atoms with E-state index in [1.54, 1.807) is 11.1 Å². The van der Waals surface area contributed by atoms with Crippen molar-refractivity contribution in [2.24, 2.45) is 10.9 Å². The van der Waals surface area contributed by atoms with Crippen LogP contribution in [0.5, 0.6) is 0 Å². The first-order chi connectivity index (χ1) is 5.29. The van der Waals surface area contributed by atoms with Gasteiger partial charge in [0.25, 0.3) is 0 Å². The molecule has 1 heterocycles. The van der Waals surface area contributed by atoms with Gasteiger partial charge in [0.2, 0.25) is 0 Å². The Bertz CT molecular complexity index is 233. The lowest BCUT2D eigenvalue weighted by molar-refractivity contribution is 0.738. The van der Waals surface area contributed by atoms with Crippen molar-refractivity contribution < 1.29 is 0 Å². The lowest BCUT2D eigenvalue weighted by Gasteiger charge is -2.06. The molecular formula is C10H15N. The number of allylic oxidation sites excluding steroid dienone is 1. The van der Waals surface area contributed by atoms with Gasteiger partial charge in [-0.05, 0) is 36.3 Å². The molecule has 0 spiro atoms. The standard InChI is InChI=1S/C10H15N/c1-7(2)9-6-11-10-5-3-4-8(9)10/h7H,3-6H2,1-2H3. The van der Waals surface area contributed by atoms with E-state index in [0.29, 0.717) is 5.92 Å². The lowest BCUT2D eigenvalue weighted by Crippen LogP contribution is -1.98. The second-order valence-corrected chi connectivity index (χ2v) is 3.77. The molecule has 1 nitrogen and oxygen atoms in total. The largest absolute Gasteiger partial charge is 0.285 e. The van der Waals surface area contributed by atoms with E-state index >= 15 is 0 Å². The molecule has 1 aliphatic carbocycles. The Morgan fingerprint density at radius 3 is 2.82 bits per heavy atom. The minimum atomic E-state index is 0.712. The highest BCUT2D eigenvalue weighted by atomic mass is 14.8. The fourth-order valence-corrected chi connectivity index (χ4v) is 2.06. The van der Waals surface area contributed by atoms with Crippen LogP contribution in [0.4, 0.5) is 0 Å². The smallest absolute Gasteiger partial charge is 0.0611 e. The molecule has 1 aliphatic heterocycles. The van der Waals surface area contributed by atoms with Crippen LogP contribution >= 0.6 is 0 Å². The Labute approximate surface area is 68.2 Å². The molecule has 0 aromatic heterocycles. The van der Waals surface area contributed by atoms with Crippen molar-refractivity contribution in [2.45, 2.75) is 33.1 Å². The molecular weight excluding hydrogens is 134 g/mol. The Hall–Kier alpha value is -0.590. The maximum Gasteiger partial charge on any atom is 0.0611 e. The first-order valence-electron chi connectivity index (χ1n) is 4.54. The summed E-state index contributed by atoms with van der Waals surface area (Å²) < 4.78 is 0. The van der Waals surface area contributed by atoms with Gasteiger partial charge in [-0.3, -0.25) is 4.99 Å². The summed E-state index contributed by atoms with van der Waals surface area (Å²) in [6, 6.07) is 0. The molecule has 0 aromatic rings. The van der Waals surface area contributed by atoms with E-state index in [-0.39, 0.29) is 0 Å². The summed E-state index contributed by atoms with van der Waals surface area (Å²) >= 11 is 0. The van der Waals surface area contributed by atoms with Crippen LogP contribution < -0.4 is 0 Å². The molecule has 2 rings (SSSR count). The van der Waals surface area contributed by atoms with Gasteiger partial charge in [0.15, 0.2) is 0 Å². The summed E-state index contributed by atoms with van der Waals surface area (Å²) in [4.78, 5) is 4.54. The van der Waals surface area contributed by atoms with Crippen molar-refractivity contribution in [3.63, 3.8) is 0 Å². The Kier molecular flexibility index (Phi) is 1.59. The summed E-state index contributed by atoms with van der Waals surface area (Å²) in [5, 5.41) is 0. The number of hydrogen-bond acceptors (Lipinski definition) is 1. The molecule has 0 atom stereocenters. The molecule has 0 radical (unpaired) electrons. The zero-order chi connectivity index (χ0) is 7.84. The van der Waals surface area contributed by atoms with Gasteiger partial charge in [0, 0.05) is 5.71 Å². The van der Waals surface area contributed by atoms with E-state index < -0.39 is 0 Å². The van der Waals surface area contributed by atoms with Crippen LogP contribution in [0.15, 0.2) is 16.1 Å². The first-order valence-corrected chi connectivity index (χ1v) is 4.54. The van der Waals surface area contributed by atoms with Crippen LogP contribution in [-0.4, -0.2) is 12.3 Å². The molecule has 2 aliphatic rings. The van der Waals surface area contributed by atoms with Gasteiger partial charge in [0.1, 0.15) is 0 Å². The summed E-state index contributed by atoms with van der Waals surface area (Å²) in [5.41, 5.74) is 4.64. The van der Waals surface area contributed by atoms with E-state index in [4.69, 9.17) is 0 Å². The molecule has 1 saturated carbocycles. The highest BCUT2D eigenvalue weighted by molar-refractivity contribution is 6.04. The third-order valence-corrected chi connectivity index (χ3v) is 2.71. The minimum Gasteiger partial charge on any atom is -0.285 e. The topological polar surface area (TPSA) is 12.4 Å². The quantitative estimate of drug-likeness (QED) is 0.543. The number of hydrogen-bond donors (Lipinski definition) is 0. The van der Waals surface area contributed by atoms with E-state index in [9.17, 15) is 0 Å². The average molecular weight is 149 g/mol. The molecule has 0 amide bonds. The predicted molar refractivity (Wildman–Crippen MR) is 48.0 cm³/mol. The van der Waals surface area contributed by atoms with Gasteiger partial charge in [-0.25, -0.2) is 0 Å². The highest BCUT2D eigenvalue weighted by Crippen LogP contribution is 2.32. The summed E-state index contributed by atoms with van der Waals surface area (Å²) in [6.45, 7) is 5.56. The molecule has 0 unspecified atom stereocenters. The third-order valence-electron chi connectivity index (χ3n) is 2.71. The highest BCUT2D eigenvalue weighted by Gasteiger charge is 2.24. The second-order valence-electron chi connectivity index (χ2n) is 3.77. The van der Waals surface area contributed by atoms with E-state index in [1.807, 2.05) is 0 Å². The lowest BCUT2D eigenvalue weighted by atomic mass is 9.98. The van der Waals surface area contributed by atoms with Crippen LogP contribution in [-0.2, 0) is 0 Å². The van der Waals surface area contributed by atoms with Crippen molar-refractivity contribution in [1.82, 2.24) is 0 Å². The SMILES string of the molecule is CC(C)C1=C2CCCC2=NC1. The minimum absolute atomic E-state index is 0.712. The van der Waals surface area contributed by atoms with Gasteiger partial charge < -0.3 is 0 Å². The van der Waals surface area contributed by atoms with Crippen LogP contribution in [0, 0.1) is 5.92 Å². The molecule has 1 fully saturated rings. The van der Waals surface area contributed by atoms with E-state index in [2.05, 4.69) is 18.8 Å². The maximum atomic E-state index is 4.54. The zero-order valence-electron chi connectivity index (χ0n) is 7.35. The number of nitrogens with zero attached hydrogens (tertiary/aromatic N) is 1. The third kappa shape index (κ3) is 1.03. The van der Waals surface area contributed by atoms with Gasteiger partial charge >= 0.3 is 0 Å². The van der Waals surface area contributed by atoms with Crippen molar-refractivity contribution in [3.05, 3.63) is 11.1 Å². The molecule has 60 valence electrons. The number of aliphatic imine (C=N–C) groups is 1. The average Bonchev–Trinajstić information content (AvgIpc) is 2.41. The number of fused-ring (bicyclic) bond motifs is 1. The molecule has 0 aromatic carbocycles. The van der Waals surface area contributed by atoms with Crippen LogP contribution in [0.25, 0.3) is 0 Å². The predicted octanol–water partition coefficient (Wildman–Crippen LogP) is 2.58. The fourth-order valence-electron chi connectivity index (χ4n) is 2.06. The normalized spacial score (nSPS) is 23.0. The molecule has 0 saturated heterocycles. The zero-order valence-corrected chi connectivity index (χ0v) is 7.35. The van der Waals surface area contributed by atoms with Crippen molar-refractivity contribution in [2.75, 3.05) is 6.54 Å². The molecule has 11 heavy (non-hydrogen) atoms. The summed E-state index contributed by atoms with van der Waals surface area (Å²) in [7, 11) is 0. The monoisotopic (exact) mass is 149 g/mol. The first kappa shape index (κ1) is 7.08. The van der Waals surface area contributed by atoms with Crippen molar-refractivity contribution in [3.8, 4) is 0 Å². The Morgan fingerprint density at radius 2 is 2.09 bits per heavy atom. The number of rotatable bonds is 1. The van der Waals surface area contributed by atoms with Crippen molar-refractivity contribution >= 4 is 5.71 Å². The van der Waals surface area contributed by atoms with E-state index in [0.717, 1.165) is 6.54 Å². The Balaban J connectivity index is 2.30. The van der Waals surface area contributed by atoms with Crippen LogP contribution in [0.3, 0.4) is 0 Å². The molecule has 0 bridgehead atoms. The van der Waals surface area contributed by atoms with Gasteiger partial charge in [-0.2, -0.15) is 0 Å². The maximum absolute atomic E-state index is 4.54. The molecule has 1 heteroatoms. The summed E-state index contributed by atoms with van der Waals surface area (Å²) in [6.07, 6.45) is 3.88. The van der Waals surface area contributed by atoms with Crippen LogP contribution in [0.2, 0.25) is 0 Å². The molecule has 0 N–H and O–H groups in total. The van der Waals surface area contributed by atoms with Crippen molar-refractivity contribution in [1.29, 1.82) is 0 Å². The summed E-state index contributed by atoms with van der Waals surface area (Å²) in [5.74, 6) is 0.712. The van der Waals surface area contributed by atoms with Gasteiger partial charge in [0.05, 0.1) is 6.54 Å². The fraction of sp³-hybridized carbons (Fsp3) is 0.700. The van der Waals surface area contributed by atoms with E-state index in [1.165, 1.54) is 25.0 Å². The Morgan fingerprint density at radius 1 is 1.27 bits per heavy atom. The van der Waals surface area contributed by atoms with Gasteiger partial charge in [-0.15, -0.1) is 0 Å². The second kappa shape index (κ2) is 2.47. The van der Waals surface area contributed by atoms with Crippen LogP contribution in [0.1, 0.15) is 33.1 Å².